The number of rotatable bonds is 5. The van der Waals surface area contributed by atoms with E-state index in [-0.39, 0.29) is 36.0 Å². The summed E-state index contributed by atoms with van der Waals surface area (Å²) in [6, 6.07) is 3.01. The van der Waals surface area contributed by atoms with Crippen LogP contribution in [0.5, 0.6) is 5.75 Å². The second-order valence-corrected chi connectivity index (χ2v) is 9.29. The molecular weight excluding hydrogens is 446 g/mol. The number of thiazole rings is 1. The number of nitrogens with zero attached hydrogens (tertiary/aromatic N) is 4. The van der Waals surface area contributed by atoms with Gasteiger partial charge in [-0.1, -0.05) is 0 Å². The molecule has 1 N–H and O–H groups in total. The molecule has 4 aliphatic heterocycles. The van der Waals surface area contributed by atoms with Crippen LogP contribution in [0.1, 0.15) is 13.3 Å². The first-order valence-corrected chi connectivity index (χ1v) is 10.9. The number of hydrogen-bond donors (Lipinski definition) is 1. The van der Waals surface area contributed by atoms with Crippen molar-refractivity contribution in [1.82, 2.24) is 14.9 Å². The molecule has 2 aromatic heterocycles. The summed E-state index contributed by atoms with van der Waals surface area (Å²) >= 11 is 1.39. The molecule has 1 amide bonds. The van der Waals surface area contributed by atoms with Crippen LogP contribution < -0.4 is 9.64 Å². The first-order valence-electron chi connectivity index (χ1n) is 10.1. The Morgan fingerprint density at radius 3 is 2.75 bits per heavy atom. The Hall–Kier alpha value is -2.99. The van der Waals surface area contributed by atoms with Crippen molar-refractivity contribution >= 4 is 34.5 Å². The Balaban J connectivity index is 1.39. The third-order valence-electron chi connectivity index (χ3n) is 6.27. The number of piperidine rings is 1. The van der Waals surface area contributed by atoms with Gasteiger partial charge in [0.05, 0.1) is 24.3 Å². The van der Waals surface area contributed by atoms with Gasteiger partial charge in [0.1, 0.15) is 5.01 Å². The molecular formula is C20H18F2N4O5S. The van der Waals surface area contributed by atoms with Crippen molar-refractivity contribution in [1.29, 1.82) is 0 Å². The maximum atomic E-state index is 14.6. The average molecular weight is 464 g/mol. The third kappa shape index (κ3) is 2.85. The van der Waals surface area contributed by atoms with Crippen molar-refractivity contribution < 1.29 is 32.6 Å². The van der Waals surface area contributed by atoms with Gasteiger partial charge < -0.3 is 23.9 Å². The maximum absolute atomic E-state index is 14.6. The summed E-state index contributed by atoms with van der Waals surface area (Å²) < 4.78 is 45.3. The zero-order valence-corrected chi connectivity index (χ0v) is 17.6. The number of amides is 1. The van der Waals surface area contributed by atoms with Crippen LogP contribution in [0.2, 0.25) is 0 Å². The molecule has 0 aliphatic carbocycles. The highest BCUT2D eigenvalue weighted by Gasteiger charge is 2.64. The lowest BCUT2D eigenvalue weighted by molar-refractivity contribution is -0.217. The Morgan fingerprint density at radius 1 is 1.38 bits per heavy atom. The van der Waals surface area contributed by atoms with Gasteiger partial charge in [-0.15, -0.1) is 11.3 Å². The lowest BCUT2D eigenvalue weighted by Crippen LogP contribution is -2.70. The van der Waals surface area contributed by atoms with Gasteiger partial charge in [-0.05, 0) is 25.5 Å². The minimum atomic E-state index is -3.55. The number of ether oxygens (including phenoxy) is 2. The SMILES string of the molecule is CC1(C(F)(F)Oc2ccc(-c3nccs3)c3oc(N4CC5CC(C4)N5C(=O)O)nc23)CO1. The number of anilines is 1. The van der Waals surface area contributed by atoms with Gasteiger partial charge >= 0.3 is 12.2 Å². The Labute approximate surface area is 184 Å². The molecule has 4 fully saturated rings. The standard InChI is InChI=1S/C20H18F2N4O5S/c1-19(9-29-19)20(21,22)31-13-3-2-12(16-23-4-5-32-16)15-14(13)24-17(30-15)25-7-10-6-11(8-25)26(10)18(27)28/h2-5,10-11H,6-9H2,1H3,(H,27,28). The van der Waals surface area contributed by atoms with Crippen molar-refractivity contribution in [3.05, 3.63) is 23.7 Å². The molecule has 7 rings (SSSR count). The van der Waals surface area contributed by atoms with E-state index >= 15 is 0 Å². The Kier molecular flexibility index (Phi) is 4.01. The van der Waals surface area contributed by atoms with E-state index in [9.17, 15) is 18.7 Å². The van der Waals surface area contributed by atoms with Crippen LogP contribution >= 0.6 is 11.3 Å². The topological polar surface area (TPSA) is 104 Å². The number of hydrogen-bond acceptors (Lipinski definition) is 8. The maximum Gasteiger partial charge on any atom is 0.429 e. The third-order valence-corrected chi connectivity index (χ3v) is 7.08. The first-order chi connectivity index (χ1) is 15.3. The smallest absolute Gasteiger partial charge is 0.429 e. The monoisotopic (exact) mass is 464 g/mol. The highest BCUT2D eigenvalue weighted by molar-refractivity contribution is 7.13. The molecule has 0 radical (unpaired) electrons. The molecule has 1 aromatic carbocycles. The predicted molar refractivity (Wildman–Crippen MR) is 109 cm³/mol. The normalized spacial score (nSPS) is 26.8. The average Bonchev–Trinajstić information content (AvgIpc) is 3.16. The lowest BCUT2D eigenvalue weighted by atomic mass is 9.88. The summed E-state index contributed by atoms with van der Waals surface area (Å²) in [5.74, 6) is -0.119. The number of halogens is 2. The zero-order valence-electron chi connectivity index (χ0n) is 16.8. The first kappa shape index (κ1) is 19.7. The summed E-state index contributed by atoms with van der Waals surface area (Å²) in [6.45, 7) is 2.03. The fourth-order valence-electron chi connectivity index (χ4n) is 4.32. The van der Waals surface area contributed by atoms with Crippen molar-refractivity contribution in [3.8, 4) is 16.3 Å². The molecule has 168 valence electrons. The number of benzene rings is 1. The van der Waals surface area contributed by atoms with Crippen molar-refractivity contribution in [2.75, 3.05) is 24.6 Å². The van der Waals surface area contributed by atoms with Crippen molar-refractivity contribution in [2.24, 2.45) is 0 Å². The molecule has 2 bridgehead atoms. The lowest BCUT2D eigenvalue weighted by Gasteiger charge is -2.54. The molecule has 3 unspecified atom stereocenters. The van der Waals surface area contributed by atoms with Crippen LogP contribution in [-0.4, -0.2) is 69.6 Å². The van der Waals surface area contributed by atoms with Gasteiger partial charge in [0, 0.05) is 24.7 Å². The molecule has 12 heteroatoms. The van der Waals surface area contributed by atoms with Gasteiger partial charge in [-0.25, -0.2) is 9.78 Å². The van der Waals surface area contributed by atoms with E-state index in [1.807, 2.05) is 4.90 Å². The Morgan fingerprint density at radius 2 is 2.12 bits per heavy atom. The van der Waals surface area contributed by atoms with E-state index in [0.717, 1.165) is 6.42 Å². The highest BCUT2D eigenvalue weighted by Crippen LogP contribution is 2.46. The van der Waals surface area contributed by atoms with Crippen molar-refractivity contribution in [2.45, 2.75) is 37.1 Å². The number of oxazole rings is 1. The predicted octanol–water partition coefficient (Wildman–Crippen LogP) is 3.65. The number of aromatic nitrogens is 2. The minimum Gasteiger partial charge on any atom is -0.465 e. The number of carboxylic acid groups (broad SMARTS) is 1. The van der Waals surface area contributed by atoms with E-state index in [4.69, 9.17) is 13.9 Å². The van der Waals surface area contributed by atoms with Crippen LogP contribution in [0.4, 0.5) is 19.6 Å². The van der Waals surface area contributed by atoms with Crippen LogP contribution in [0.3, 0.4) is 0 Å². The van der Waals surface area contributed by atoms with E-state index in [1.165, 1.54) is 29.2 Å². The summed E-state index contributed by atoms with van der Waals surface area (Å²) in [4.78, 5) is 23.5. The van der Waals surface area contributed by atoms with Gasteiger partial charge in [0.25, 0.3) is 6.01 Å². The van der Waals surface area contributed by atoms with E-state index < -0.39 is 17.8 Å². The van der Waals surface area contributed by atoms with Crippen LogP contribution in [0.25, 0.3) is 21.7 Å². The van der Waals surface area contributed by atoms with E-state index in [1.54, 1.807) is 17.6 Å². The van der Waals surface area contributed by atoms with Gasteiger partial charge in [0.15, 0.2) is 22.5 Å². The minimum absolute atomic E-state index is 0.0962. The van der Waals surface area contributed by atoms with Crippen molar-refractivity contribution in [3.63, 3.8) is 0 Å². The molecule has 9 nitrogen and oxygen atoms in total. The molecule has 4 saturated heterocycles. The van der Waals surface area contributed by atoms with E-state index in [0.29, 0.717) is 29.2 Å². The summed E-state index contributed by atoms with van der Waals surface area (Å²) in [5.41, 5.74) is -0.605. The van der Waals surface area contributed by atoms with Crippen LogP contribution in [0, 0.1) is 0 Å². The summed E-state index contributed by atoms with van der Waals surface area (Å²) in [5, 5.41) is 11.8. The highest BCUT2D eigenvalue weighted by atomic mass is 32.1. The molecule has 6 heterocycles. The fraction of sp³-hybridized carbons (Fsp3) is 0.450. The quantitative estimate of drug-likeness (QED) is 0.571. The van der Waals surface area contributed by atoms with Gasteiger partial charge in [0.2, 0.25) is 0 Å². The summed E-state index contributed by atoms with van der Waals surface area (Å²) in [6.07, 6.45) is -2.06. The summed E-state index contributed by atoms with van der Waals surface area (Å²) in [7, 11) is 0. The van der Waals surface area contributed by atoms with Crippen LogP contribution in [-0.2, 0) is 4.74 Å². The molecule has 32 heavy (non-hydrogen) atoms. The van der Waals surface area contributed by atoms with E-state index in [2.05, 4.69) is 9.97 Å². The molecule has 0 spiro atoms. The second kappa shape index (κ2) is 6.51. The molecule has 3 atom stereocenters. The van der Waals surface area contributed by atoms with Gasteiger partial charge in [-0.3, -0.25) is 4.90 Å². The number of fused-ring (bicyclic) bond motifs is 3. The number of carbonyl (C=O) groups is 1. The van der Waals surface area contributed by atoms with Gasteiger partial charge in [-0.2, -0.15) is 13.8 Å². The number of piperazine rings is 1. The number of epoxide rings is 1. The zero-order chi connectivity index (χ0) is 22.3. The second-order valence-electron chi connectivity index (χ2n) is 8.40. The van der Waals surface area contributed by atoms with Crippen LogP contribution in [0.15, 0.2) is 28.1 Å². The molecule has 0 saturated carbocycles. The Bertz CT molecular complexity index is 1200. The fourth-order valence-corrected chi connectivity index (χ4v) is 4.98. The number of alkyl halides is 2. The molecule has 4 aliphatic rings. The molecule has 3 aromatic rings. The largest absolute Gasteiger partial charge is 0.465 e.